The lowest BCUT2D eigenvalue weighted by Crippen LogP contribution is -2.24. The van der Waals surface area contributed by atoms with Crippen molar-refractivity contribution in [3.05, 3.63) is 12.4 Å². The largest absolute Gasteiger partial charge is 0.480 e. The second kappa shape index (κ2) is 3.82. The van der Waals surface area contributed by atoms with Gasteiger partial charge in [-0.2, -0.15) is 0 Å². The first-order valence-electron chi connectivity index (χ1n) is 3.33. The zero-order chi connectivity index (χ0) is 8.97. The van der Waals surface area contributed by atoms with Crippen molar-refractivity contribution < 1.29 is 14.6 Å². The minimum atomic E-state index is -0.984. The van der Waals surface area contributed by atoms with Crippen molar-refractivity contribution in [1.82, 2.24) is 15.0 Å². The lowest BCUT2D eigenvalue weighted by molar-refractivity contribution is -0.142. The maximum absolute atomic E-state index is 10.6. The number of hydrogen-bond donors (Lipinski definition) is 1. The summed E-state index contributed by atoms with van der Waals surface area (Å²) in [7, 11) is 1.44. The van der Waals surface area contributed by atoms with Crippen LogP contribution in [0.3, 0.4) is 0 Å². The quantitative estimate of drug-likeness (QED) is 0.663. The molecule has 1 atom stereocenters. The van der Waals surface area contributed by atoms with E-state index in [2.05, 4.69) is 10.3 Å². The summed E-state index contributed by atoms with van der Waals surface area (Å²) in [5.74, 6) is -0.984. The van der Waals surface area contributed by atoms with Crippen LogP contribution in [0.4, 0.5) is 0 Å². The van der Waals surface area contributed by atoms with Crippen molar-refractivity contribution in [2.45, 2.75) is 6.04 Å². The minimum Gasteiger partial charge on any atom is -0.480 e. The standard InChI is InChI=1S/C6H9N3O3/c1-12-4-5(6(10)11)9-3-2-7-8-9/h2-3,5H,4H2,1H3,(H,10,11). The van der Waals surface area contributed by atoms with E-state index in [0.717, 1.165) is 0 Å². The predicted molar refractivity (Wildman–Crippen MR) is 38.6 cm³/mol. The topological polar surface area (TPSA) is 77.2 Å². The zero-order valence-electron chi connectivity index (χ0n) is 6.54. The summed E-state index contributed by atoms with van der Waals surface area (Å²) in [4.78, 5) is 10.6. The van der Waals surface area contributed by atoms with E-state index < -0.39 is 12.0 Å². The number of ether oxygens (including phenoxy) is 1. The van der Waals surface area contributed by atoms with Crippen LogP contribution < -0.4 is 0 Å². The van der Waals surface area contributed by atoms with E-state index in [-0.39, 0.29) is 6.61 Å². The van der Waals surface area contributed by atoms with Gasteiger partial charge < -0.3 is 9.84 Å². The second-order valence-corrected chi connectivity index (χ2v) is 2.19. The van der Waals surface area contributed by atoms with Gasteiger partial charge in [0.15, 0.2) is 6.04 Å². The average Bonchev–Trinajstić information content (AvgIpc) is 2.51. The number of methoxy groups -OCH3 is 1. The molecule has 0 amide bonds. The van der Waals surface area contributed by atoms with E-state index in [1.807, 2.05) is 0 Å². The maximum Gasteiger partial charge on any atom is 0.330 e. The molecule has 0 bridgehead atoms. The van der Waals surface area contributed by atoms with Crippen LogP contribution in [0, 0.1) is 0 Å². The van der Waals surface area contributed by atoms with Crippen LogP contribution >= 0.6 is 0 Å². The van der Waals surface area contributed by atoms with Gasteiger partial charge in [-0.1, -0.05) is 5.21 Å². The summed E-state index contributed by atoms with van der Waals surface area (Å²) in [5.41, 5.74) is 0. The van der Waals surface area contributed by atoms with E-state index in [1.165, 1.54) is 24.2 Å². The molecule has 0 aliphatic carbocycles. The Morgan fingerprint density at radius 1 is 1.83 bits per heavy atom. The molecule has 0 aromatic carbocycles. The third kappa shape index (κ3) is 1.79. The number of hydrogen-bond acceptors (Lipinski definition) is 4. The van der Waals surface area contributed by atoms with E-state index in [4.69, 9.17) is 9.84 Å². The van der Waals surface area contributed by atoms with Gasteiger partial charge in [-0.05, 0) is 0 Å². The number of carboxylic acids is 1. The summed E-state index contributed by atoms with van der Waals surface area (Å²) >= 11 is 0. The normalized spacial score (nSPS) is 12.8. The molecule has 1 unspecified atom stereocenters. The Labute approximate surface area is 68.8 Å². The lowest BCUT2D eigenvalue weighted by atomic mass is 10.3. The van der Waals surface area contributed by atoms with Crippen LogP contribution in [0.25, 0.3) is 0 Å². The van der Waals surface area contributed by atoms with Crippen molar-refractivity contribution in [2.24, 2.45) is 0 Å². The fourth-order valence-corrected chi connectivity index (χ4v) is 0.802. The SMILES string of the molecule is COCC(C(=O)O)n1ccnn1. The van der Waals surface area contributed by atoms with E-state index >= 15 is 0 Å². The molecule has 1 heterocycles. The summed E-state index contributed by atoms with van der Waals surface area (Å²) in [6.07, 6.45) is 2.91. The maximum atomic E-state index is 10.6. The third-order valence-corrected chi connectivity index (χ3v) is 1.37. The Hall–Kier alpha value is -1.43. The van der Waals surface area contributed by atoms with Crippen molar-refractivity contribution >= 4 is 5.97 Å². The van der Waals surface area contributed by atoms with Gasteiger partial charge in [0.1, 0.15) is 0 Å². The first-order valence-corrected chi connectivity index (χ1v) is 3.33. The van der Waals surface area contributed by atoms with E-state index in [1.54, 1.807) is 0 Å². The molecule has 66 valence electrons. The lowest BCUT2D eigenvalue weighted by Gasteiger charge is -2.09. The number of nitrogens with zero attached hydrogens (tertiary/aromatic N) is 3. The molecule has 0 fully saturated rings. The van der Waals surface area contributed by atoms with Crippen LogP contribution in [0.1, 0.15) is 6.04 Å². The molecule has 6 heteroatoms. The third-order valence-electron chi connectivity index (χ3n) is 1.37. The number of aliphatic carboxylic acids is 1. The van der Waals surface area contributed by atoms with Crippen molar-refractivity contribution in [2.75, 3.05) is 13.7 Å². The molecular formula is C6H9N3O3. The van der Waals surface area contributed by atoms with Crippen molar-refractivity contribution in [3.8, 4) is 0 Å². The Morgan fingerprint density at radius 3 is 3.00 bits per heavy atom. The van der Waals surface area contributed by atoms with Gasteiger partial charge in [0, 0.05) is 13.3 Å². The molecule has 12 heavy (non-hydrogen) atoms. The second-order valence-electron chi connectivity index (χ2n) is 2.19. The van der Waals surface area contributed by atoms with Gasteiger partial charge in [-0.3, -0.25) is 0 Å². The molecule has 0 aliphatic rings. The highest BCUT2D eigenvalue weighted by atomic mass is 16.5. The molecule has 0 aliphatic heterocycles. The number of carboxylic acid groups (broad SMARTS) is 1. The smallest absolute Gasteiger partial charge is 0.330 e. The number of rotatable bonds is 4. The van der Waals surface area contributed by atoms with Crippen LogP contribution in [0.5, 0.6) is 0 Å². The number of aromatic nitrogens is 3. The summed E-state index contributed by atoms with van der Waals surface area (Å²) in [5, 5.41) is 15.8. The van der Waals surface area contributed by atoms with Gasteiger partial charge in [0.25, 0.3) is 0 Å². The Kier molecular flexibility index (Phi) is 2.76. The molecule has 0 radical (unpaired) electrons. The predicted octanol–water partition coefficient (Wildman–Crippen LogP) is -0.450. The van der Waals surface area contributed by atoms with E-state index in [9.17, 15) is 4.79 Å². The molecule has 0 saturated carbocycles. The van der Waals surface area contributed by atoms with Gasteiger partial charge >= 0.3 is 5.97 Å². The zero-order valence-corrected chi connectivity index (χ0v) is 6.54. The number of carbonyl (C=O) groups is 1. The highest BCUT2D eigenvalue weighted by Gasteiger charge is 2.19. The first kappa shape index (κ1) is 8.66. The highest BCUT2D eigenvalue weighted by Crippen LogP contribution is 2.03. The molecule has 1 rings (SSSR count). The molecule has 1 aromatic rings. The van der Waals surface area contributed by atoms with Gasteiger partial charge in [-0.25, -0.2) is 9.48 Å². The van der Waals surface area contributed by atoms with E-state index in [0.29, 0.717) is 0 Å². The molecule has 0 spiro atoms. The Bertz CT molecular complexity index is 247. The first-order chi connectivity index (χ1) is 5.75. The van der Waals surface area contributed by atoms with Crippen molar-refractivity contribution in [3.63, 3.8) is 0 Å². The van der Waals surface area contributed by atoms with Crippen LogP contribution in [-0.4, -0.2) is 39.8 Å². The molecular weight excluding hydrogens is 162 g/mol. The highest BCUT2D eigenvalue weighted by molar-refractivity contribution is 5.71. The van der Waals surface area contributed by atoms with Crippen LogP contribution in [-0.2, 0) is 9.53 Å². The summed E-state index contributed by atoms with van der Waals surface area (Å²) < 4.78 is 5.96. The molecule has 1 N–H and O–H groups in total. The minimum absolute atomic E-state index is 0.0820. The Balaban J connectivity index is 2.73. The summed E-state index contributed by atoms with van der Waals surface area (Å²) in [6, 6.07) is -0.794. The molecule has 0 saturated heterocycles. The summed E-state index contributed by atoms with van der Waals surface area (Å²) in [6.45, 7) is 0.0820. The molecule has 1 aromatic heterocycles. The van der Waals surface area contributed by atoms with Crippen molar-refractivity contribution in [1.29, 1.82) is 0 Å². The van der Waals surface area contributed by atoms with Gasteiger partial charge in [-0.15, -0.1) is 5.10 Å². The van der Waals surface area contributed by atoms with Crippen LogP contribution in [0.15, 0.2) is 12.4 Å². The fraction of sp³-hybridized carbons (Fsp3) is 0.500. The molecule has 6 nitrogen and oxygen atoms in total. The average molecular weight is 171 g/mol. The monoisotopic (exact) mass is 171 g/mol. The van der Waals surface area contributed by atoms with Gasteiger partial charge in [0.05, 0.1) is 12.8 Å². The van der Waals surface area contributed by atoms with Gasteiger partial charge in [0.2, 0.25) is 0 Å². The van der Waals surface area contributed by atoms with Crippen LogP contribution in [0.2, 0.25) is 0 Å². The Morgan fingerprint density at radius 2 is 2.58 bits per heavy atom. The fourth-order valence-electron chi connectivity index (χ4n) is 0.802.